The Morgan fingerprint density at radius 3 is 2.72 bits per heavy atom. The first-order chi connectivity index (χ1) is 11.8. The fourth-order valence-electron chi connectivity index (χ4n) is 2.41. The highest BCUT2D eigenvalue weighted by Gasteiger charge is 2.35. The highest BCUT2D eigenvalue weighted by molar-refractivity contribution is 5.97. The Balaban J connectivity index is 2.34. The minimum Gasteiger partial charge on any atom is -0.370 e. The summed E-state index contributed by atoms with van der Waals surface area (Å²) in [6, 6.07) is 2.50. The number of halogens is 3. The molecule has 0 unspecified atom stereocenters. The van der Waals surface area contributed by atoms with Crippen molar-refractivity contribution in [3.63, 3.8) is 0 Å². The predicted octanol–water partition coefficient (Wildman–Crippen LogP) is 0.554. The van der Waals surface area contributed by atoms with Crippen LogP contribution in [0.2, 0.25) is 0 Å². The van der Waals surface area contributed by atoms with Crippen molar-refractivity contribution < 1.29 is 27.5 Å². The molecular formula is C15H19F3N4O3. The average molecular weight is 360 g/mol. The molecule has 2 rings (SSSR count). The third-order valence-corrected chi connectivity index (χ3v) is 3.76. The van der Waals surface area contributed by atoms with Gasteiger partial charge in [-0.05, 0) is 25.2 Å². The summed E-state index contributed by atoms with van der Waals surface area (Å²) in [5.74, 6) is -1.10. The molecule has 1 aromatic carbocycles. The lowest BCUT2D eigenvalue weighted by atomic mass is 10.1. The Bertz CT molecular complexity index is 647. The van der Waals surface area contributed by atoms with Crippen molar-refractivity contribution in [1.82, 2.24) is 5.32 Å². The van der Waals surface area contributed by atoms with Gasteiger partial charge in [0.15, 0.2) is 0 Å². The second-order valence-corrected chi connectivity index (χ2v) is 5.39. The fourth-order valence-corrected chi connectivity index (χ4v) is 2.41. The molecule has 1 aliphatic rings. The Hall–Kier alpha value is -2.17. The van der Waals surface area contributed by atoms with Crippen molar-refractivity contribution in [3.8, 4) is 0 Å². The highest BCUT2D eigenvalue weighted by Crippen LogP contribution is 2.37. The first-order valence-electron chi connectivity index (χ1n) is 7.55. The number of nitrogens with two attached hydrogens (primary N) is 1. The number of nitrogens with zero attached hydrogens (tertiary/aromatic N) is 1. The van der Waals surface area contributed by atoms with Crippen LogP contribution in [0.4, 0.5) is 24.5 Å². The molecule has 1 heterocycles. The Kier molecular flexibility index (Phi) is 5.98. The van der Waals surface area contributed by atoms with Crippen molar-refractivity contribution in [2.24, 2.45) is 5.73 Å². The third-order valence-electron chi connectivity index (χ3n) is 3.76. The van der Waals surface area contributed by atoms with Crippen LogP contribution in [0.1, 0.15) is 5.56 Å². The zero-order valence-electron chi connectivity index (χ0n) is 13.5. The van der Waals surface area contributed by atoms with E-state index in [1.807, 2.05) is 0 Å². The molecule has 1 atom stereocenters. The molecule has 1 fully saturated rings. The van der Waals surface area contributed by atoms with E-state index in [-0.39, 0.29) is 32.0 Å². The molecule has 25 heavy (non-hydrogen) atoms. The second-order valence-electron chi connectivity index (χ2n) is 5.39. The zero-order chi connectivity index (χ0) is 18.6. The van der Waals surface area contributed by atoms with Crippen LogP contribution >= 0.6 is 0 Å². The number of carbonyl (C=O) groups excluding carboxylic acids is 2. The molecule has 2 amide bonds. The van der Waals surface area contributed by atoms with Gasteiger partial charge >= 0.3 is 6.18 Å². The SMILES string of the molecule is CN[C@@H](CN)C(=O)Nc1ccc(N2CCOCC2=O)cc1C(F)(F)F. The van der Waals surface area contributed by atoms with E-state index in [0.29, 0.717) is 0 Å². The molecule has 1 saturated heterocycles. The number of anilines is 2. The summed E-state index contributed by atoms with van der Waals surface area (Å²) in [6.07, 6.45) is -4.70. The van der Waals surface area contributed by atoms with Gasteiger partial charge in [-0.2, -0.15) is 13.2 Å². The molecule has 0 spiro atoms. The fraction of sp³-hybridized carbons (Fsp3) is 0.467. The van der Waals surface area contributed by atoms with Crippen molar-refractivity contribution in [1.29, 1.82) is 0 Å². The van der Waals surface area contributed by atoms with Crippen LogP contribution in [0.15, 0.2) is 18.2 Å². The molecule has 0 radical (unpaired) electrons. The number of benzene rings is 1. The molecule has 138 valence electrons. The summed E-state index contributed by atoms with van der Waals surface area (Å²) in [7, 11) is 1.48. The minimum atomic E-state index is -4.70. The minimum absolute atomic E-state index is 0.0654. The molecule has 10 heteroatoms. The summed E-state index contributed by atoms with van der Waals surface area (Å²) >= 11 is 0. The third kappa shape index (κ3) is 4.47. The topological polar surface area (TPSA) is 96.7 Å². The number of nitrogens with one attached hydrogen (secondary N) is 2. The smallest absolute Gasteiger partial charge is 0.370 e. The van der Waals surface area contributed by atoms with Crippen LogP contribution in [-0.2, 0) is 20.5 Å². The maximum absolute atomic E-state index is 13.4. The molecule has 1 aromatic rings. The van der Waals surface area contributed by atoms with Gasteiger partial charge in [-0.25, -0.2) is 0 Å². The van der Waals surface area contributed by atoms with Gasteiger partial charge in [0.05, 0.1) is 23.9 Å². The van der Waals surface area contributed by atoms with Gasteiger partial charge in [0.1, 0.15) is 6.61 Å². The largest absolute Gasteiger partial charge is 0.418 e. The van der Waals surface area contributed by atoms with E-state index in [1.165, 1.54) is 18.0 Å². The molecule has 0 bridgehead atoms. The van der Waals surface area contributed by atoms with Crippen LogP contribution in [-0.4, -0.2) is 51.2 Å². The summed E-state index contributed by atoms with van der Waals surface area (Å²) in [5.41, 5.74) is 4.07. The zero-order valence-corrected chi connectivity index (χ0v) is 13.5. The maximum atomic E-state index is 13.4. The standard InChI is InChI=1S/C15H19F3N4O3/c1-20-12(7-19)14(24)21-11-3-2-9(6-10(11)15(16,17)18)22-4-5-25-8-13(22)23/h2-3,6,12,20H,4-5,7-8,19H2,1H3,(H,21,24)/t12-/m0/s1. The summed E-state index contributed by atoms with van der Waals surface area (Å²) in [6.45, 7) is 0.160. The van der Waals surface area contributed by atoms with Gasteiger partial charge < -0.3 is 26.0 Å². The number of likely N-dealkylation sites (N-methyl/N-ethyl adjacent to an activating group) is 1. The van der Waals surface area contributed by atoms with E-state index in [9.17, 15) is 22.8 Å². The summed E-state index contributed by atoms with van der Waals surface area (Å²) in [5, 5.41) is 4.84. The van der Waals surface area contributed by atoms with Crippen molar-refractivity contribution in [2.45, 2.75) is 12.2 Å². The lowest BCUT2D eigenvalue weighted by molar-refractivity contribution is -0.137. The average Bonchev–Trinajstić information content (AvgIpc) is 2.56. The van der Waals surface area contributed by atoms with Gasteiger partial charge in [0.2, 0.25) is 5.91 Å². The monoisotopic (exact) mass is 360 g/mol. The molecule has 7 nitrogen and oxygen atoms in total. The Morgan fingerprint density at radius 1 is 1.44 bits per heavy atom. The Labute approximate surface area is 142 Å². The number of carbonyl (C=O) groups is 2. The number of rotatable bonds is 5. The molecular weight excluding hydrogens is 341 g/mol. The first-order valence-corrected chi connectivity index (χ1v) is 7.55. The van der Waals surface area contributed by atoms with Crippen molar-refractivity contribution >= 4 is 23.2 Å². The maximum Gasteiger partial charge on any atom is 0.418 e. The summed E-state index contributed by atoms with van der Waals surface area (Å²) in [4.78, 5) is 25.0. The van der Waals surface area contributed by atoms with Crippen LogP contribution in [0, 0.1) is 0 Å². The number of hydrogen-bond donors (Lipinski definition) is 3. The lowest BCUT2D eigenvalue weighted by Gasteiger charge is -2.28. The van der Waals surface area contributed by atoms with Gasteiger partial charge in [-0.15, -0.1) is 0 Å². The summed E-state index contributed by atoms with van der Waals surface area (Å²) < 4.78 is 45.1. The van der Waals surface area contributed by atoms with E-state index in [1.54, 1.807) is 0 Å². The van der Waals surface area contributed by atoms with E-state index in [2.05, 4.69) is 10.6 Å². The number of morpholine rings is 1. The van der Waals surface area contributed by atoms with Crippen molar-refractivity contribution in [2.75, 3.05) is 43.6 Å². The number of hydrogen-bond acceptors (Lipinski definition) is 5. The number of amides is 2. The van der Waals surface area contributed by atoms with Gasteiger partial charge in [0.25, 0.3) is 5.91 Å². The molecule has 0 saturated carbocycles. The number of alkyl halides is 3. The quantitative estimate of drug-likeness (QED) is 0.713. The van der Waals surface area contributed by atoms with Gasteiger partial charge in [-0.1, -0.05) is 0 Å². The lowest BCUT2D eigenvalue weighted by Crippen LogP contribution is -2.44. The molecule has 0 aromatic heterocycles. The number of ether oxygens (including phenoxy) is 1. The van der Waals surface area contributed by atoms with Crippen LogP contribution in [0.25, 0.3) is 0 Å². The van der Waals surface area contributed by atoms with Crippen molar-refractivity contribution in [3.05, 3.63) is 23.8 Å². The van der Waals surface area contributed by atoms with Gasteiger partial charge in [-0.3, -0.25) is 9.59 Å². The second kappa shape index (κ2) is 7.81. The first kappa shape index (κ1) is 19.2. The Morgan fingerprint density at radius 2 is 2.16 bits per heavy atom. The highest BCUT2D eigenvalue weighted by atomic mass is 19.4. The van der Waals surface area contributed by atoms with Crippen LogP contribution < -0.4 is 21.3 Å². The molecule has 0 aliphatic carbocycles. The predicted molar refractivity (Wildman–Crippen MR) is 85.1 cm³/mol. The van der Waals surface area contributed by atoms with E-state index in [0.717, 1.165) is 12.1 Å². The normalized spacial score (nSPS) is 16.7. The van der Waals surface area contributed by atoms with Crippen LogP contribution in [0.5, 0.6) is 0 Å². The van der Waals surface area contributed by atoms with E-state index >= 15 is 0 Å². The van der Waals surface area contributed by atoms with E-state index in [4.69, 9.17) is 10.5 Å². The molecule has 4 N–H and O–H groups in total. The van der Waals surface area contributed by atoms with Gasteiger partial charge in [0, 0.05) is 18.8 Å². The van der Waals surface area contributed by atoms with E-state index < -0.39 is 35.3 Å². The van der Waals surface area contributed by atoms with Crippen LogP contribution in [0.3, 0.4) is 0 Å². The molecule has 1 aliphatic heterocycles.